The molecule has 2 amide bonds. The first-order valence-corrected chi connectivity index (χ1v) is 5.91. The van der Waals surface area contributed by atoms with Crippen molar-refractivity contribution in [1.82, 2.24) is 15.3 Å². The fourth-order valence-electron chi connectivity index (χ4n) is 2.04. The Morgan fingerprint density at radius 1 is 1.28 bits per heavy atom. The van der Waals surface area contributed by atoms with Gasteiger partial charge in [0.05, 0.1) is 12.5 Å². The summed E-state index contributed by atoms with van der Waals surface area (Å²) in [5.41, 5.74) is 1.10. The van der Waals surface area contributed by atoms with Crippen LogP contribution in [-0.4, -0.2) is 42.0 Å². The average molecular weight is 247 g/mol. The van der Waals surface area contributed by atoms with Crippen LogP contribution in [0.15, 0.2) is 30.3 Å². The molecule has 1 saturated heterocycles. The summed E-state index contributed by atoms with van der Waals surface area (Å²) in [6, 6.07) is 9.40. The molecular weight excluding hydrogens is 230 g/mol. The van der Waals surface area contributed by atoms with Crippen molar-refractivity contribution in [2.45, 2.75) is 19.0 Å². The van der Waals surface area contributed by atoms with Gasteiger partial charge in [-0.1, -0.05) is 30.3 Å². The molecule has 1 heterocycles. The van der Waals surface area contributed by atoms with E-state index in [1.165, 1.54) is 10.0 Å². The van der Waals surface area contributed by atoms with E-state index in [0.717, 1.165) is 5.56 Å². The zero-order chi connectivity index (χ0) is 13.1. The Morgan fingerprint density at radius 3 is 2.50 bits per heavy atom. The van der Waals surface area contributed by atoms with Crippen LogP contribution in [0.2, 0.25) is 0 Å². The number of nitrogens with zero attached hydrogens (tertiary/aromatic N) is 2. The van der Waals surface area contributed by atoms with Crippen LogP contribution < -0.4 is 5.32 Å². The number of rotatable bonds is 4. The summed E-state index contributed by atoms with van der Waals surface area (Å²) in [7, 11) is 3.38. The number of carbonyl (C=O) groups is 2. The fourth-order valence-corrected chi connectivity index (χ4v) is 2.04. The highest BCUT2D eigenvalue weighted by atomic mass is 16.2. The van der Waals surface area contributed by atoms with E-state index in [4.69, 9.17) is 0 Å². The number of hydrogen-bond acceptors (Lipinski definition) is 4. The quantitative estimate of drug-likeness (QED) is 0.782. The molecule has 0 aromatic heterocycles. The van der Waals surface area contributed by atoms with Crippen molar-refractivity contribution in [2.24, 2.45) is 0 Å². The molecular formula is C13H17N3O2. The number of hydrogen-bond donors (Lipinski definition) is 1. The van der Waals surface area contributed by atoms with Gasteiger partial charge >= 0.3 is 0 Å². The van der Waals surface area contributed by atoms with Gasteiger partial charge in [0.2, 0.25) is 5.91 Å². The maximum Gasteiger partial charge on any atom is 0.261 e. The minimum Gasteiger partial charge on any atom is -0.301 e. The molecule has 1 aromatic carbocycles. The molecule has 96 valence electrons. The monoisotopic (exact) mass is 247 g/mol. The number of imide groups is 1. The second-order valence-electron chi connectivity index (χ2n) is 4.51. The SMILES string of the molecule is CN(C)N1C(=O)C[C@@H](NCc2ccccc2)C1=O. The van der Waals surface area contributed by atoms with E-state index in [9.17, 15) is 9.59 Å². The molecule has 0 saturated carbocycles. The Hall–Kier alpha value is -1.72. The Balaban J connectivity index is 1.96. The van der Waals surface area contributed by atoms with E-state index >= 15 is 0 Å². The topological polar surface area (TPSA) is 52.6 Å². The molecule has 0 unspecified atom stereocenters. The van der Waals surface area contributed by atoms with Gasteiger partial charge in [0.1, 0.15) is 0 Å². The predicted octanol–water partition coefficient (Wildman–Crippen LogP) is 0.380. The van der Waals surface area contributed by atoms with Gasteiger partial charge in [-0.2, -0.15) is 0 Å². The Kier molecular flexibility index (Phi) is 3.74. The van der Waals surface area contributed by atoms with Crippen molar-refractivity contribution < 1.29 is 9.59 Å². The maximum absolute atomic E-state index is 12.0. The summed E-state index contributed by atoms with van der Waals surface area (Å²) in [6.45, 7) is 0.589. The Bertz CT molecular complexity index is 445. The van der Waals surface area contributed by atoms with Crippen LogP contribution in [-0.2, 0) is 16.1 Å². The van der Waals surface area contributed by atoms with Crippen molar-refractivity contribution in [3.05, 3.63) is 35.9 Å². The molecule has 18 heavy (non-hydrogen) atoms. The second-order valence-corrected chi connectivity index (χ2v) is 4.51. The number of nitrogens with one attached hydrogen (secondary N) is 1. The van der Waals surface area contributed by atoms with E-state index < -0.39 is 6.04 Å². The lowest BCUT2D eigenvalue weighted by Gasteiger charge is -2.21. The van der Waals surface area contributed by atoms with Crippen LogP contribution in [0.25, 0.3) is 0 Å². The van der Waals surface area contributed by atoms with Crippen LogP contribution in [0.1, 0.15) is 12.0 Å². The molecule has 5 nitrogen and oxygen atoms in total. The first-order valence-electron chi connectivity index (χ1n) is 5.91. The van der Waals surface area contributed by atoms with Crippen LogP contribution in [0, 0.1) is 0 Å². The number of hydrazine groups is 1. The zero-order valence-electron chi connectivity index (χ0n) is 10.6. The Morgan fingerprint density at radius 2 is 1.94 bits per heavy atom. The minimum atomic E-state index is -0.417. The summed E-state index contributed by atoms with van der Waals surface area (Å²) < 4.78 is 0. The van der Waals surface area contributed by atoms with E-state index in [2.05, 4.69) is 5.32 Å². The van der Waals surface area contributed by atoms with Crippen LogP contribution >= 0.6 is 0 Å². The highest BCUT2D eigenvalue weighted by Gasteiger charge is 2.39. The summed E-state index contributed by atoms with van der Waals surface area (Å²) >= 11 is 0. The van der Waals surface area contributed by atoms with E-state index in [0.29, 0.717) is 6.54 Å². The second kappa shape index (κ2) is 5.29. The summed E-state index contributed by atoms with van der Waals surface area (Å²) in [5.74, 6) is -0.337. The van der Waals surface area contributed by atoms with Gasteiger partial charge in [0, 0.05) is 20.6 Å². The predicted molar refractivity (Wildman–Crippen MR) is 67.2 cm³/mol. The smallest absolute Gasteiger partial charge is 0.261 e. The standard InChI is InChI=1S/C13H17N3O2/c1-15(2)16-12(17)8-11(13(16)18)14-9-10-6-4-3-5-7-10/h3-7,11,14H,8-9H2,1-2H3/t11-/m1/s1. The lowest BCUT2D eigenvalue weighted by Crippen LogP contribution is -2.45. The highest BCUT2D eigenvalue weighted by Crippen LogP contribution is 2.14. The van der Waals surface area contributed by atoms with E-state index in [1.54, 1.807) is 14.1 Å². The van der Waals surface area contributed by atoms with Crippen molar-refractivity contribution in [3.63, 3.8) is 0 Å². The normalized spacial score (nSPS) is 19.9. The molecule has 1 atom stereocenters. The van der Waals surface area contributed by atoms with Crippen LogP contribution in [0.4, 0.5) is 0 Å². The lowest BCUT2D eigenvalue weighted by atomic mass is 10.2. The molecule has 0 aliphatic carbocycles. The van der Waals surface area contributed by atoms with Gasteiger partial charge in [-0.15, -0.1) is 0 Å². The van der Waals surface area contributed by atoms with Gasteiger partial charge < -0.3 is 5.32 Å². The molecule has 0 spiro atoms. The van der Waals surface area contributed by atoms with Crippen molar-refractivity contribution >= 4 is 11.8 Å². The van der Waals surface area contributed by atoms with Gasteiger partial charge in [0.15, 0.2) is 0 Å². The lowest BCUT2D eigenvalue weighted by molar-refractivity contribution is -0.153. The van der Waals surface area contributed by atoms with Gasteiger partial charge in [-0.3, -0.25) is 9.59 Å². The largest absolute Gasteiger partial charge is 0.301 e. The average Bonchev–Trinajstić information content (AvgIpc) is 2.63. The number of carbonyl (C=O) groups excluding carboxylic acids is 2. The molecule has 2 rings (SSSR count). The third-order valence-electron chi connectivity index (χ3n) is 2.92. The third kappa shape index (κ3) is 2.57. The van der Waals surface area contributed by atoms with Crippen LogP contribution in [0.3, 0.4) is 0 Å². The Labute approximate surface area is 106 Å². The molecule has 1 aromatic rings. The molecule has 0 radical (unpaired) electrons. The molecule has 1 aliphatic rings. The molecule has 5 heteroatoms. The van der Waals surface area contributed by atoms with Gasteiger partial charge in [-0.05, 0) is 5.56 Å². The molecule has 1 fully saturated rings. The summed E-state index contributed by atoms with van der Waals surface area (Å²) in [4.78, 5) is 23.7. The minimum absolute atomic E-state index is 0.157. The molecule has 1 aliphatic heterocycles. The maximum atomic E-state index is 12.0. The fraction of sp³-hybridized carbons (Fsp3) is 0.385. The van der Waals surface area contributed by atoms with Crippen molar-refractivity contribution in [1.29, 1.82) is 0 Å². The van der Waals surface area contributed by atoms with Crippen LogP contribution in [0.5, 0.6) is 0 Å². The van der Waals surface area contributed by atoms with Gasteiger partial charge in [0.25, 0.3) is 5.91 Å². The highest BCUT2D eigenvalue weighted by molar-refractivity contribution is 6.04. The summed E-state index contributed by atoms with van der Waals surface area (Å²) in [6.07, 6.45) is 0.226. The van der Waals surface area contributed by atoms with E-state index in [1.807, 2.05) is 30.3 Å². The number of benzene rings is 1. The van der Waals surface area contributed by atoms with Gasteiger partial charge in [-0.25, -0.2) is 10.0 Å². The molecule has 0 bridgehead atoms. The first kappa shape index (κ1) is 12.7. The van der Waals surface area contributed by atoms with Crippen molar-refractivity contribution in [2.75, 3.05) is 14.1 Å². The molecule has 1 N–H and O–H groups in total. The zero-order valence-corrected chi connectivity index (χ0v) is 10.6. The first-order chi connectivity index (χ1) is 8.59. The van der Waals surface area contributed by atoms with Crippen molar-refractivity contribution in [3.8, 4) is 0 Å². The third-order valence-corrected chi connectivity index (χ3v) is 2.92. The number of amides is 2. The summed E-state index contributed by atoms with van der Waals surface area (Å²) in [5, 5.41) is 5.83. The van der Waals surface area contributed by atoms with E-state index in [-0.39, 0.29) is 18.2 Å².